The lowest BCUT2D eigenvalue weighted by molar-refractivity contribution is 0.435. The maximum Gasteiger partial charge on any atom is 0.125 e. The summed E-state index contributed by atoms with van der Waals surface area (Å²) in [5.74, 6) is 2.00. The van der Waals surface area contributed by atoms with Gasteiger partial charge in [-0.2, -0.15) is 0 Å². The molecule has 0 bridgehead atoms. The lowest BCUT2D eigenvalue weighted by atomic mass is 9.95. The van der Waals surface area contributed by atoms with E-state index in [-0.39, 0.29) is 6.04 Å². The first-order valence-electron chi connectivity index (χ1n) is 7.48. The van der Waals surface area contributed by atoms with Gasteiger partial charge in [-0.3, -0.25) is 0 Å². The highest BCUT2D eigenvalue weighted by Crippen LogP contribution is 2.31. The molecule has 2 aromatic carbocycles. The van der Waals surface area contributed by atoms with Crippen molar-refractivity contribution in [2.24, 2.45) is 0 Å². The first kappa shape index (κ1) is 13.9. The molecule has 0 saturated carbocycles. The Bertz CT molecular complexity index is 757. The van der Waals surface area contributed by atoms with Gasteiger partial charge in [-0.05, 0) is 48.0 Å². The predicted octanol–water partition coefficient (Wildman–Crippen LogP) is 4.61. The summed E-state index contributed by atoms with van der Waals surface area (Å²) in [7, 11) is 1.98. The molecule has 1 atom stereocenters. The Kier molecular flexibility index (Phi) is 3.80. The van der Waals surface area contributed by atoms with E-state index in [1.54, 1.807) is 0 Å². The fraction of sp³-hybridized carbons (Fsp3) is 0.263. The number of hydrogen-bond donors (Lipinski definition) is 1. The van der Waals surface area contributed by atoms with Crippen molar-refractivity contribution >= 4 is 10.8 Å². The van der Waals surface area contributed by atoms with Crippen molar-refractivity contribution in [3.8, 4) is 0 Å². The van der Waals surface area contributed by atoms with Crippen molar-refractivity contribution in [1.82, 2.24) is 5.32 Å². The Morgan fingerprint density at radius 3 is 2.43 bits per heavy atom. The summed E-state index contributed by atoms with van der Waals surface area (Å²) >= 11 is 0. The molecule has 1 aromatic heterocycles. The molecule has 0 saturated heterocycles. The van der Waals surface area contributed by atoms with Gasteiger partial charge in [0.1, 0.15) is 11.5 Å². The lowest BCUT2D eigenvalue weighted by Gasteiger charge is -2.17. The summed E-state index contributed by atoms with van der Waals surface area (Å²) in [6, 6.07) is 17.2. The topological polar surface area (TPSA) is 25.2 Å². The van der Waals surface area contributed by atoms with Crippen molar-refractivity contribution in [2.75, 3.05) is 7.05 Å². The Morgan fingerprint density at radius 2 is 1.76 bits per heavy atom. The standard InChI is InChI=1S/C19H21NO/c1-4-14-10-12-18(21-14)19(20-3)17-11-9-13(2)15-7-5-6-8-16(15)17/h5-12,19-20H,4H2,1-3H3. The van der Waals surface area contributed by atoms with Crippen molar-refractivity contribution in [3.05, 3.63) is 71.2 Å². The van der Waals surface area contributed by atoms with Gasteiger partial charge in [-0.25, -0.2) is 0 Å². The van der Waals surface area contributed by atoms with Crippen molar-refractivity contribution < 1.29 is 4.42 Å². The molecule has 2 heteroatoms. The van der Waals surface area contributed by atoms with Crippen molar-refractivity contribution in [3.63, 3.8) is 0 Å². The Hall–Kier alpha value is -2.06. The fourth-order valence-corrected chi connectivity index (χ4v) is 2.92. The number of rotatable bonds is 4. The summed E-state index contributed by atoms with van der Waals surface area (Å²) in [4.78, 5) is 0. The molecule has 1 N–H and O–H groups in total. The Balaban J connectivity index is 2.15. The van der Waals surface area contributed by atoms with Gasteiger partial charge in [0, 0.05) is 6.42 Å². The molecule has 0 aliphatic rings. The van der Waals surface area contributed by atoms with Gasteiger partial charge < -0.3 is 9.73 Å². The minimum atomic E-state index is 0.0794. The van der Waals surface area contributed by atoms with Crippen LogP contribution in [0.5, 0.6) is 0 Å². The molecule has 0 amide bonds. The summed E-state index contributed by atoms with van der Waals surface area (Å²) in [5.41, 5.74) is 2.56. The van der Waals surface area contributed by atoms with E-state index in [0.717, 1.165) is 17.9 Å². The average Bonchev–Trinajstić information content (AvgIpc) is 2.99. The second kappa shape index (κ2) is 5.74. The zero-order valence-electron chi connectivity index (χ0n) is 12.8. The van der Waals surface area contributed by atoms with E-state index in [0.29, 0.717) is 0 Å². The third kappa shape index (κ3) is 2.47. The van der Waals surface area contributed by atoms with E-state index in [1.807, 2.05) is 7.05 Å². The van der Waals surface area contributed by atoms with Crippen LogP contribution in [0, 0.1) is 6.92 Å². The van der Waals surface area contributed by atoms with E-state index in [4.69, 9.17) is 4.42 Å². The molecule has 1 heterocycles. The van der Waals surface area contributed by atoms with Crippen LogP contribution in [0.25, 0.3) is 10.8 Å². The summed E-state index contributed by atoms with van der Waals surface area (Å²) in [6.07, 6.45) is 0.922. The highest BCUT2D eigenvalue weighted by molar-refractivity contribution is 5.89. The van der Waals surface area contributed by atoms with Gasteiger partial charge in [0.25, 0.3) is 0 Å². The molecule has 2 nitrogen and oxygen atoms in total. The molecule has 0 radical (unpaired) electrons. The zero-order valence-corrected chi connectivity index (χ0v) is 12.8. The summed E-state index contributed by atoms with van der Waals surface area (Å²) in [6.45, 7) is 4.26. The second-order valence-corrected chi connectivity index (χ2v) is 5.40. The van der Waals surface area contributed by atoms with Crippen LogP contribution >= 0.6 is 0 Å². The van der Waals surface area contributed by atoms with Crippen LogP contribution in [0.3, 0.4) is 0 Å². The van der Waals surface area contributed by atoms with Crippen molar-refractivity contribution in [1.29, 1.82) is 0 Å². The largest absolute Gasteiger partial charge is 0.464 e. The highest BCUT2D eigenvalue weighted by Gasteiger charge is 2.18. The minimum Gasteiger partial charge on any atom is -0.464 e. The molecule has 0 aliphatic heterocycles. The van der Waals surface area contributed by atoms with E-state index in [9.17, 15) is 0 Å². The van der Waals surface area contributed by atoms with Crippen molar-refractivity contribution in [2.45, 2.75) is 26.3 Å². The molecule has 21 heavy (non-hydrogen) atoms. The molecule has 0 spiro atoms. The third-order valence-corrected chi connectivity index (χ3v) is 4.09. The maximum atomic E-state index is 5.96. The molecule has 108 valence electrons. The molecule has 1 unspecified atom stereocenters. The lowest BCUT2D eigenvalue weighted by Crippen LogP contribution is -2.17. The second-order valence-electron chi connectivity index (χ2n) is 5.40. The van der Waals surface area contributed by atoms with Crippen LogP contribution in [-0.2, 0) is 6.42 Å². The highest BCUT2D eigenvalue weighted by atomic mass is 16.3. The minimum absolute atomic E-state index is 0.0794. The van der Waals surface area contributed by atoms with Crippen LogP contribution in [0.2, 0.25) is 0 Å². The van der Waals surface area contributed by atoms with Crippen LogP contribution in [-0.4, -0.2) is 7.05 Å². The van der Waals surface area contributed by atoms with E-state index < -0.39 is 0 Å². The summed E-state index contributed by atoms with van der Waals surface area (Å²) in [5, 5.41) is 5.98. The van der Waals surface area contributed by atoms with E-state index >= 15 is 0 Å². The summed E-state index contributed by atoms with van der Waals surface area (Å²) < 4.78 is 5.96. The smallest absolute Gasteiger partial charge is 0.125 e. The quantitative estimate of drug-likeness (QED) is 0.754. The normalized spacial score (nSPS) is 12.7. The first-order chi connectivity index (χ1) is 10.2. The van der Waals surface area contributed by atoms with Crippen LogP contribution in [0.4, 0.5) is 0 Å². The molecular formula is C19H21NO. The average molecular weight is 279 g/mol. The molecular weight excluding hydrogens is 258 g/mol. The van der Waals surface area contributed by atoms with Gasteiger partial charge in [0.05, 0.1) is 6.04 Å². The van der Waals surface area contributed by atoms with Gasteiger partial charge in [0.15, 0.2) is 0 Å². The SMILES string of the molecule is CCc1ccc(C(NC)c2ccc(C)c3ccccc23)o1. The molecule has 0 fully saturated rings. The number of fused-ring (bicyclic) bond motifs is 1. The van der Waals surface area contributed by atoms with Crippen LogP contribution < -0.4 is 5.32 Å². The number of furan rings is 1. The number of aryl methyl sites for hydroxylation is 2. The first-order valence-corrected chi connectivity index (χ1v) is 7.48. The van der Waals surface area contributed by atoms with Gasteiger partial charge >= 0.3 is 0 Å². The molecule has 0 aliphatic carbocycles. The molecule has 3 rings (SSSR count). The van der Waals surface area contributed by atoms with E-state index in [1.165, 1.54) is 21.9 Å². The van der Waals surface area contributed by atoms with Gasteiger partial charge in [-0.15, -0.1) is 0 Å². The third-order valence-electron chi connectivity index (χ3n) is 4.09. The zero-order chi connectivity index (χ0) is 14.8. The number of nitrogens with one attached hydrogen (secondary N) is 1. The van der Waals surface area contributed by atoms with Crippen LogP contribution in [0.1, 0.15) is 35.6 Å². The van der Waals surface area contributed by atoms with Gasteiger partial charge in [-0.1, -0.05) is 43.3 Å². The maximum absolute atomic E-state index is 5.96. The van der Waals surface area contributed by atoms with Crippen LogP contribution in [0.15, 0.2) is 52.9 Å². The van der Waals surface area contributed by atoms with E-state index in [2.05, 4.69) is 67.7 Å². The number of benzene rings is 2. The Morgan fingerprint density at radius 1 is 1.00 bits per heavy atom. The molecule has 3 aromatic rings. The van der Waals surface area contributed by atoms with Gasteiger partial charge in [0.2, 0.25) is 0 Å². The Labute approximate surface area is 125 Å². The number of hydrogen-bond acceptors (Lipinski definition) is 2. The predicted molar refractivity (Wildman–Crippen MR) is 87.7 cm³/mol. The fourth-order valence-electron chi connectivity index (χ4n) is 2.92. The monoisotopic (exact) mass is 279 g/mol.